The number of nitrogens with zero attached hydrogens (tertiary/aromatic N) is 2. The van der Waals surface area contributed by atoms with Crippen LogP contribution in [0, 0.1) is 12.8 Å². The number of carbonyl (C=O) groups excluding carboxylic acids is 2. The van der Waals surface area contributed by atoms with Gasteiger partial charge in [0.2, 0.25) is 5.91 Å². The van der Waals surface area contributed by atoms with E-state index in [1.807, 2.05) is 13.0 Å². The van der Waals surface area contributed by atoms with Gasteiger partial charge in [-0.2, -0.15) is 0 Å². The number of aryl methyl sites for hydroxylation is 1. The first-order chi connectivity index (χ1) is 12.1. The molecule has 2 fully saturated rings. The molecule has 7 heteroatoms. The second-order valence-electron chi connectivity index (χ2n) is 6.82. The maximum absolute atomic E-state index is 12.5. The number of ether oxygens (including phenoxy) is 1. The standard InChI is InChI=1S/C18H26N4O3/c1-13-6-7-16(19-10-13)21-17(23)14-4-2-8-22(12-14)18(24)20-11-15-5-3-9-25-15/h6-7,10,14-15H,2-5,8-9,11-12H2,1H3,(H,20,24)(H,19,21,23)/t14-,15+/m1/s1. The highest BCUT2D eigenvalue weighted by Gasteiger charge is 2.29. The molecule has 2 saturated heterocycles. The van der Waals surface area contributed by atoms with Gasteiger partial charge in [0, 0.05) is 32.4 Å². The second kappa shape index (κ2) is 8.29. The molecule has 2 aliphatic heterocycles. The molecule has 7 nitrogen and oxygen atoms in total. The van der Waals surface area contributed by atoms with Crippen LogP contribution in [0.1, 0.15) is 31.2 Å². The van der Waals surface area contributed by atoms with Crippen LogP contribution in [0.3, 0.4) is 0 Å². The minimum Gasteiger partial charge on any atom is -0.376 e. The van der Waals surface area contributed by atoms with E-state index in [4.69, 9.17) is 4.74 Å². The van der Waals surface area contributed by atoms with Gasteiger partial charge in [0.15, 0.2) is 0 Å². The van der Waals surface area contributed by atoms with Gasteiger partial charge in [0.1, 0.15) is 5.82 Å². The Labute approximate surface area is 148 Å². The van der Waals surface area contributed by atoms with Crippen LogP contribution in [0.25, 0.3) is 0 Å². The minimum atomic E-state index is -0.203. The molecule has 0 aromatic carbocycles. The number of pyridine rings is 1. The Bertz CT molecular complexity index is 599. The summed E-state index contributed by atoms with van der Waals surface area (Å²) in [7, 11) is 0. The lowest BCUT2D eigenvalue weighted by atomic mass is 9.97. The molecule has 2 atom stereocenters. The maximum Gasteiger partial charge on any atom is 0.317 e. The summed E-state index contributed by atoms with van der Waals surface area (Å²) in [6, 6.07) is 3.60. The van der Waals surface area contributed by atoms with Crippen LogP contribution < -0.4 is 10.6 Å². The molecule has 1 aromatic rings. The number of hydrogen-bond donors (Lipinski definition) is 2. The van der Waals surface area contributed by atoms with Gasteiger partial charge in [0.05, 0.1) is 12.0 Å². The third kappa shape index (κ3) is 4.92. The van der Waals surface area contributed by atoms with Crippen molar-refractivity contribution in [3.8, 4) is 0 Å². The van der Waals surface area contributed by atoms with Crippen LogP contribution in [-0.2, 0) is 9.53 Å². The van der Waals surface area contributed by atoms with Gasteiger partial charge in [0.25, 0.3) is 0 Å². The predicted octanol–water partition coefficient (Wildman–Crippen LogP) is 1.93. The van der Waals surface area contributed by atoms with Crippen molar-refractivity contribution in [1.29, 1.82) is 0 Å². The Hall–Kier alpha value is -2.15. The number of urea groups is 1. The Kier molecular flexibility index (Phi) is 5.86. The third-order valence-corrected chi connectivity index (χ3v) is 4.75. The molecule has 0 saturated carbocycles. The average molecular weight is 346 g/mol. The van der Waals surface area contributed by atoms with Crippen LogP contribution >= 0.6 is 0 Å². The number of amides is 3. The van der Waals surface area contributed by atoms with Crippen LogP contribution in [0.4, 0.5) is 10.6 Å². The lowest BCUT2D eigenvalue weighted by molar-refractivity contribution is -0.121. The van der Waals surface area contributed by atoms with Crippen LogP contribution in [0.2, 0.25) is 0 Å². The van der Waals surface area contributed by atoms with Gasteiger partial charge in [-0.25, -0.2) is 9.78 Å². The van der Waals surface area contributed by atoms with E-state index < -0.39 is 0 Å². The van der Waals surface area contributed by atoms with Gasteiger partial charge in [-0.1, -0.05) is 6.07 Å². The third-order valence-electron chi connectivity index (χ3n) is 4.75. The number of aromatic nitrogens is 1. The average Bonchev–Trinajstić information content (AvgIpc) is 3.15. The van der Waals surface area contributed by atoms with Gasteiger partial charge in [-0.15, -0.1) is 0 Å². The minimum absolute atomic E-state index is 0.0759. The lowest BCUT2D eigenvalue weighted by Crippen LogP contribution is -2.49. The smallest absolute Gasteiger partial charge is 0.317 e. The molecule has 0 aliphatic carbocycles. The molecule has 25 heavy (non-hydrogen) atoms. The molecule has 3 rings (SSSR count). The number of carbonyl (C=O) groups is 2. The zero-order valence-electron chi connectivity index (χ0n) is 14.7. The first kappa shape index (κ1) is 17.7. The summed E-state index contributed by atoms with van der Waals surface area (Å²) in [5.41, 5.74) is 1.05. The van der Waals surface area contributed by atoms with E-state index in [9.17, 15) is 9.59 Å². The maximum atomic E-state index is 12.5. The molecular weight excluding hydrogens is 320 g/mol. The summed E-state index contributed by atoms with van der Waals surface area (Å²) in [4.78, 5) is 30.7. The Morgan fingerprint density at radius 3 is 2.92 bits per heavy atom. The van der Waals surface area contributed by atoms with Crippen molar-refractivity contribution in [2.45, 2.75) is 38.7 Å². The van der Waals surface area contributed by atoms with Crippen LogP contribution in [0.5, 0.6) is 0 Å². The monoisotopic (exact) mass is 346 g/mol. The van der Waals surface area contributed by atoms with Crippen molar-refractivity contribution in [2.75, 3.05) is 31.6 Å². The summed E-state index contributed by atoms with van der Waals surface area (Å²) >= 11 is 0. The molecule has 0 unspecified atom stereocenters. The van der Waals surface area contributed by atoms with E-state index in [0.29, 0.717) is 25.5 Å². The van der Waals surface area contributed by atoms with Crippen molar-refractivity contribution in [3.05, 3.63) is 23.9 Å². The highest BCUT2D eigenvalue weighted by Crippen LogP contribution is 2.19. The van der Waals surface area contributed by atoms with E-state index in [0.717, 1.165) is 37.9 Å². The number of rotatable bonds is 4. The first-order valence-corrected chi connectivity index (χ1v) is 9.00. The molecule has 2 aliphatic rings. The molecule has 1 aromatic heterocycles. The van der Waals surface area contributed by atoms with Crippen LogP contribution in [-0.4, -0.2) is 54.2 Å². The van der Waals surface area contributed by atoms with Gasteiger partial charge in [-0.05, 0) is 44.2 Å². The number of anilines is 1. The summed E-state index contributed by atoms with van der Waals surface area (Å²) in [5, 5.41) is 5.77. The highest BCUT2D eigenvalue weighted by atomic mass is 16.5. The van der Waals surface area contributed by atoms with E-state index in [1.165, 1.54) is 0 Å². The molecule has 0 bridgehead atoms. The van der Waals surface area contributed by atoms with Crippen molar-refractivity contribution in [2.24, 2.45) is 5.92 Å². The van der Waals surface area contributed by atoms with Crippen molar-refractivity contribution >= 4 is 17.8 Å². The Morgan fingerprint density at radius 2 is 2.20 bits per heavy atom. The van der Waals surface area contributed by atoms with Crippen molar-refractivity contribution < 1.29 is 14.3 Å². The number of nitrogens with one attached hydrogen (secondary N) is 2. The molecule has 3 heterocycles. The topological polar surface area (TPSA) is 83.6 Å². The van der Waals surface area contributed by atoms with E-state index in [1.54, 1.807) is 17.2 Å². The fourth-order valence-corrected chi connectivity index (χ4v) is 3.26. The van der Waals surface area contributed by atoms with Crippen molar-refractivity contribution in [1.82, 2.24) is 15.2 Å². The lowest BCUT2D eigenvalue weighted by Gasteiger charge is -2.32. The number of piperidine rings is 1. The van der Waals surface area contributed by atoms with E-state index in [2.05, 4.69) is 15.6 Å². The number of likely N-dealkylation sites (tertiary alicyclic amines) is 1. The van der Waals surface area contributed by atoms with Gasteiger partial charge in [-0.3, -0.25) is 4.79 Å². The van der Waals surface area contributed by atoms with Crippen molar-refractivity contribution in [3.63, 3.8) is 0 Å². The summed E-state index contributed by atoms with van der Waals surface area (Å²) in [6.07, 6.45) is 5.51. The van der Waals surface area contributed by atoms with E-state index in [-0.39, 0.29) is 24.0 Å². The largest absolute Gasteiger partial charge is 0.376 e. The molecule has 2 N–H and O–H groups in total. The molecule has 0 spiro atoms. The Balaban J connectivity index is 1.48. The summed E-state index contributed by atoms with van der Waals surface area (Å²) < 4.78 is 5.52. The van der Waals surface area contributed by atoms with Gasteiger partial charge >= 0.3 is 6.03 Å². The van der Waals surface area contributed by atoms with Crippen LogP contribution in [0.15, 0.2) is 18.3 Å². The molecule has 3 amide bonds. The second-order valence-corrected chi connectivity index (χ2v) is 6.82. The SMILES string of the molecule is Cc1ccc(NC(=O)[C@@H]2CCCN(C(=O)NC[C@@H]3CCCO3)C2)nc1. The summed E-state index contributed by atoms with van der Waals surface area (Å²) in [6.45, 7) is 4.39. The highest BCUT2D eigenvalue weighted by molar-refractivity contribution is 5.92. The quantitative estimate of drug-likeness (QED) is 0.872. The zero-order chi connectivity index (χ0) is 17.6. The number of hydrogen-bond acceptors (Lipinski definition) is 4. The van der Waals surface area contributed by atoms with Gasteiger partial charge < -0.3 is 20.3 Å². The van der Waals surface area contributed by atoms with E-state index >= 15 is 0 Å². The molecular formula is C18H26N4O3. The Morgan fingerprint density at radius 1 is 1.32 bits per heavy atom. The fraction of sp³-hybridized carbons (Fsp3) is 0.611. The molecule has 0 radical (unpaired) electrons. The predicted molar refractivity (Wildman–Crippen MR) is 94.3 cm³/mol. The summed E-state index contributed by atoms with van der Waals surface area (Å²) in [5.74, 6) is 0.272. The molecule has 136 valence electrons. The normalized spacial score (nSPS) is 23.3. The zero-order valence-corrected chi connectivity index (χ0v) is 14.7. The fourth-order valence-electron chi connectivity index (χ4n) is 3.26. The first-order valence-electron chi connectivity index (χ1n) is 9.00.